The first-order valence-electron chi connectivity index (χ1n) is 9.27. The molecule has 0 spiro atoms. The first-order valence-corrected chi connectivity index (χ1v) is 10.2. The Hall–Kier alpha value is -2.16. The van der Waals surface area contributed by atoms with Gasteiger partial charge in [-0.1, -0.05) is 0 Å². The van der Waals surface area contributed by atoms with E-state index >= 15 is 0 Å². The molecular formula is C20H24FN3O3S. The van der Waals surface area contributed by atoms with Crippen molar-refractivity contribution >= 4 is 23.0 Å². The lowest BCUT2D eigenvalue weighted by atomic mass is 10.1. The second-order valence-corrected chi connectivity index (χ2v) is 7.74. The minimum Gasteiger partial charge on any atom is -0.379 e. The van der Waals surface area contributed by atoms with Gasteiger partial charge in [-0.25, -0.2) is 9.37 Å². The Labute approximate surface area is 167 Å². The number of carbonyl (C=O) groups is 2. The fourth-order valence-corrected chi connectivity index (χ4v) is 3.79. The molecule has 3 rings (SSSR count). The summed E-state index contributed by atoms with van der Waals surface area (Å²) < 4.78 is 18.3. The molecule has 0 unspecified atom stereocenters. The lowest BCUT2D eigenvalue weighted by Crippen LogP contribution is -2.35. The number of thiazole rings is 1. The summed E-state index contributed by atoms with van der Waals surface area (Å²) in [7, 11) is 1.71. The smallest absolute Gasteiger partial charge is 0.223 e. The number of carbonyl (C=O) groups excluding carboxylic acids is 2. The highest BCUT2D eigenvalue weighted by molar-refractivity contribution is 7.09. The van der Waals surface area contributed by atoms with Crippen molar-refractivity contribution in [1.29, 1.82) is 0 Å². The van der Waals surface area contributed by atoms with Crippen molar-refractivity contribution in [3.63, 3.8) is 0 Å². The molecule has 1 aliphatic heterocycles. The Bertz CT molecular complexity index is 803. The zero-order chi connectivity index (χ0) is 19.9. The maximum Gasteiger partial charge on any atom is 0.223 e. The van der Waals surface area contributed by atoms with Crippen molar-refractivity contribution in [3.8, 4) is 0 Å². The molecule has 1 aliphatic rings. The first kappa shape index (κ1) is 20.6. The number of Topliss-reactive ketones (excluding diaryl/α,β-unsaturated/α-hetero) is 1. The summed E-state index contributed by atoms with van der Waals surface area (Å²) in [5.74, 6) is -0.662. The number of hydrogen-bond acceptors (Lipinski definition) is 6. The molecule has 2 heterocycles. The van der Waals surface area contributed by atoms with E-state index in [4.69, 9.17) is 4.74 Å². The molecule has 1 fully saturated rings. The van der Waals surface area contributed by atoms with Crippen LogP contribution >= 0.6 is 11.3 Å². The number of halogens is 1. The third kappa shape index (κ3) is 5.92. The Morgan fingerprint density at radius 3 is 2.64 bits per heavy atom. The van der Waals surface area contributed by atoms with Gasteiger partial charge in [0.25, 0.3) is 0 Å². The molecule has 1 aromatic carbocycles. The number of hydrogen-bond donors (Lipinski definition) is 0. The van der Waals surface area contributed by atoms with Crippen LogP contribution in [0.2, 0.25) is 0 Å². The number of aromatic nitrogens is 1. The second-order valence-electron chi connectivity index (χ2n) is 6.80. The molecule has 0 saturated carbocycles. The van der Waals surface area contributed by atoms with Gasteiger partial charge in [-0.3, -0.25) is 14.5 Å². The molecule has 0 radical (unpaired) electrons. The molecule has 8 heteroatoms. The largest absolute Gasteiger partial charge is 0.379 e. The van der Waals surface area contributed by atoms with Crippen molar-refractivity contribution in [2.24, 2.45) is 0 Å². The van der Waals surface area contributed by atoms with Gasteiger partial charge in [-0.15, -0.1) is 11.3 Å². The number of rotatable bonds is 8. The highest BCUT2D eigenvalue weighted by atomic mass is 32.1. The van der Waals surface area contributed by atoms with Crippen molar-refractivity contribution < 1.29 is 18.7 Å². The Balaban J connectivity index is 1.44. The summed E-state index contributed by atoms with van der Waals surface area (Å²) in [5, 5.41) is 3.01. The molecule has 0 N–H and O–H groups in total. The van der Waals surface area contributed by atoms with Gasteiger partial charge in [0, 0.05) is 43.9 Å². The Kier molecular flexibility index (Phi) is 7.24. The van der Waals surface area contributed by atoms with E-state index in [1.807, 2.05) is 5.38 Å². The van der Waals surface area contributed by atoms with Crippen LogP contribution in [0.1, 0.15) is 33.9 Å². The molecule has 2 aromatic rings. The summed E-state index contributed by atoms with van der Waals surface area (Å²) in [6.45, 7) is 4.56. The predicted octanol–water partition coefficient (Wildman–Crippen LogP) is 2.74. The van der Waals surface area contributed by atoms with E-state index in [2.05, 4.69) is 9.88 Å². The molecular weight excluding hydrogens is 381 g/mol. The molecule has 1 saturated heterocycles. The summed E-state index contributed by atoms with van der Waals surface area (Å²) in [5.41, 5.74) is 1.28. The lowest BCUT2D eigenvalue weighted by molar-refractivity contribution is -0.130. The van der Waals surface area contributed by atoms with Gasteiger partial charge in [0.15, 0.2) is 5.78 Å². The molecule has 6 nitrogen and oxygen atoms in total. The van der Waals surface area contributed by atoms with Gasteiger partial charge in [0.1, 0.15) is 10.8 Å². The summed E-state index contributed by atoms with van der Waals surface area (Å²) in [6.07, 6.45) is 0.228. The van der Waals surface area contributed by atoms with Crippen LogP contribution in [0.5, 0.6) is 0 Å². The van der Waals surface area contributed by atoms with E-state index in [0.29, 0.717) is 12.1 Å². The van der Waals surface area contributed by atoms with Gasteiger partial charge in [0.2, 0.25) is 5.91 Å². The zero-order valence-corrected chi connectivity index (χ0v) is 16.7. The number of ketones is 1. The third-order valence-electron chi connectivity index (χ3n) is 4.62. The van der Waals surface area contributed by atoms with Gasteiger partial charge in [-0.2, -0.15) is 0 Å². The summed E-state index contributed by atoms with van der Waals surface area (Å²) in [6, 6.07) is 5.38. The number of morpholine rings is 1. The highest BCUT2D eigenvalue weighted by Crippen LogP contribution is 2.15. The fraction of sp³-hybridized carbons (Fsp3) is 0.450. The van der Waals surface area contributed by atoms with Crippen LogP contribution in [0.15, 0.2) is 29.6 Å². The molecule has 0 atom stereocenters. The summed E-state index contributed by atoms with van der Waals surface area (Å²) in [4.78, 5) is 33.0. The lowest BCUT2D eigenvalue weighted by Gasteiger charge is -2.25. The van der Waals surface area contributed by atoms with Gasteiger partial charge < -0.3 is 9.64 Å². The van der Waals surface area contributed by atoms with E-state index in [0.717, 1.165) is 43.5 Å². The average Bonchev–Trinajstić information content (AvgIpc) is 3.13. The van der Waals surface area contributed by atoms with Crippen LogP contribution in [-0.4, -0.2) is 59.8 Å². The minimum absolute atomic E-state index is 0.105. The van der Waals surface area contributed by atoms with Crippen LogP contribution in [0.3, 0.4) is 0 Å². The van der Waals surface area contributed by atoms with Crippen LogP contribution < -0.4 is 0 Å². The average molecular weight is 405 g/mol. The topological polar surface area (TPSA) is 62.7 Å². The van der Waals surface area contributed by atoms with E-state index in [1.54, 1.807) is 23.3 Å². The predicted molar refractivity (Wildman–Crippen MR) is 105 cm³/mol. The number of nitrogens with zero attached hydrogens (tertiary/aromatic N) is 3. The molecule has 1 aromatic heterocycles. The van der Waals surface area contributed by atoms with Crippen LogP contribution in [0.25, 0.3) is 0 Å². The Morgan fingerprint density at radius 2 is 1.93 bits per heavy atom. The van der Waals surface area contributed by atoms with Gasteiger partial charge in [0.05, 0.1) is 32.0 Å². The quantitative estimate of drug-likeness (QED) is 0.632. The van der Waals surface area contributed by atoms with Crippen molar-refractivity contribution in [1.82, 2.24) is 14.8 Å². The van der Waals surface area contributed by atoms with E-state index in [1.165, 1.54) is 24.3 Å². The second kappa shape index (κ2) is 9.86. The van der Waals surface area contributed by atoms with E-state index in [9.17, 15) is 14.0 Å². The van der Waals surface area contributed by atoms with Crippen LogP contribution in [0, 0.1) is 5.82 Å². The fourth-order valence-electron chi connectivity index (χ4n) is 2.97. The maximum atomic E-state index is 12.9. The SMILES string of the molecule is CN(Cc1csc(CN2CCOCC2)n1)C(=O)CCC(=O)c1ccc(F)cc1. The standard InChI is InChI=1S/C20H24FN3O3S/c1-23(20(26)7-6-18(25)15-2-4-16(21)5-3-15)12-17-14-28-19(22-17)13-24-8-10-27-11-9-24/h2-5,14H,6-13H2,1H3. The van der Waals surface area contributed by atoms with E-state index < -0.39 is 0 Å². The molecule has 28 heavy (non-hydrogen) atoms. The van der Waals surface area contributed by atoms with Crippen LogP contribution in [-0.2, 0) is 22.6 Å². The van der Waals surface area contributed by atoms with Crippen molar-refractivity contribution in [2.75, 3.05) is 33.4 Å². The number of benzene rings is 1. The maximum absolute atomic E-state index is 12.9. The summed E-state index contributed by atoms with van der Waals surface area (Å²) >= 11 is 1.60. The van der Waals surface area contributed by atoms with Crippen LogP contribution in [0.4, 0.5) is 4.39 Å². The normalized spacial score (nSPS) is 14.8. The zero-order valence-electron chi connectivity index (χ0n) is 15.9. The monoisotopic (exact) mass is 405 g/mol. The number of ether oxygens (including phenoxy) is 1. The van der Waals surface area contributed by atoms with Crippen molar-refractivity contribution in [3.05, 3.63) is 51.7 Å². The van der Waals surface area contributed by atoms with Gasteiger partial charge in [-0.05, 0) is 24.3 Å². The minimum atomic E-state index is -0.386. The van der Waals surface area contributed by atoms with E-state index in [-0.39, 0.29) is 30.3 Å². The molecule has 0 bridgehead atoms. The van der Waals surface area contributed by atoms with Crippen molar-refractivity contribution in [2.45, 2.75) is 25.9 Å². The number of amides is 1. The molecule has 1 amide bonds. The molecule has 0 aliphatic carbocycles. The molecule has 150 valence electrons. The van der Waals surface area contributed by atoms with Gasteiger partial charge >= 0.3 is 0 Å². The highest BCUT2D eigenvalue weighted by Gasteiger charge is 2.16. The third-order valence-corrected chi connectivity index (χ3v) is 5.50. The first-order chi connectivity index (χ1) is 13.5. The Morgan fingerprint density at radius 1 is 1.21 bits per heavy atom.